The molecular formula is C15H15F3N2O2S. The van der Waals surface area contributed by atoms with E-state index in [-0.39, 0.29) is 16.8 Å². The first-order valence-corrected chi connectivity index (χ1v) is 8.66. The fourth-order valence-electron chi connectivity index (χ4n) is 2.32. The van der Waals surface area contributed by atoms with Crippen LogP contribution in [0, 0.1) is 6.92 Å². The van der Waals surface area contributed by atoms with Crippen LogP contribution in [0.15, 0.2) is 35.5 Å². The monoisotopic (exact) mass is 344 g/mol. The van der Waals surface area contributed by atoms with Gasteiger partial charge in [0.25, 0.3) is 0 Å². The van der Waals surface area contributed by atoms with Crippen molar-refractivity contribution in [2.75, 3.05) is 0 Å². The standard InChI is InChI=1S/C15H15F3N2O2S/c1-10-19-14(23(21,22)13-6-7-13)9-20(10)8-11-2-4-12(5-3-11)15(16,17)18/h2-5,9,13H,6-8H2,1H3. The molecule has 1 heterocycles. The first kappa shape index (κ1) is 16.0. The van der Waals surface area contributed by atoms with Gasteiger partial charge < -0.3 is 4.57 Å². The molecule has 1 saturated carbocycles. The smallest absolute Gasteiger partial charge is 0.329 e. The van der Waals surface area contributed by atoms with E-state index in [9.17, 15) is 21.6 Å². The van der Waals surface area contributed by atoms with Crippen molar-refractivity contribution in [2.24, 2.45) is 0 Å². The topological polar surface area (TPSA) is 52.0 Å². The van der Waals surface area contributed by atoms with Crippen molar-refractivity contribution in [2.45, 2.75) is 42.8 Å². The number of hydrogen-bond donors (Lipinski definition) is 0. The summed E-state index contributed by atoms with van der Waals surface area (Å²) in [5.41, 5.74) is -0.0607. The molecule has 0 amide bonds. The number of alkyl halides is 3. The molecule has 0 spiro atoms. The Morgan fingerprint density at radius 3 is 2.35 bits per heavy atom. The van der Waals surface area contributed by atoms with Gasteiger partial charge in [-0.2, -0.15) is 13.2 Å². The molecule has 1 aromatic carbocycles. The molecule has 0 aliphatic heterocycles. The van der Waals surface area contributed by atoms with E-state index >= 15 is 0 Å². The van der Waals surface area contributed by atoms with E-state index in [1.54, 1.807) is 11.5 Å². The second kappa shape index (κ2) is 5.36. The number of rotatable bonds is 4. The predicted octanol–water partition coefficient (Wildman–Crippen LogP) is 3.19. The minimum absolute atomic E-state index is 0.0458. The summed E-state index contributed by atoms with van der Waals surface area (Å²) in [5, 5.41) is -0.291. The van der Waals surface area contributed by atoms with E-state index in [0.29, 0.717) is 24.2 Å². The van der Waals surface area contributed by atoms with Crippen molar-refractivity contribution in [3.8, 4) is 0 Å². The summed E-state index contributed by atoms with van der Waals surface area (Å²) in [6, 6.07) is 4.81. The summed E-state index contributed by atoms with van der Waals surface area (Å²) < 4.78 is 63.6. The Morgan fingerprint density at radius 1 is 1.22 bits per heavy atom. The molecule has 23 heavy (non-hydrogen) atoms. The van der Waals surface area contributed by atoms with Crippen LogP contribution < -0.4 is 0 Å². The lowest BCUT2D eigenvalue weighted by atomic mass is 10.1. The van der Waals surface area contributed by atoms with Crippen LogP contribution in [0.3, 0.4) is 0 Å². The Bertz CT molecular complexity index is 819. The molecule has 0 radical (unpaired) electrons. The third-order valence-electron chi connectivity index (χ3n) is 3.84. The predicted molar refractivity (Wildman–Crippen MR) is 77.7 cm³/mol. The maximum absolute atomic E-state index is 12.5. The zero-order valence-electron chi connectivity index (χ0n) is 12.3. The quantitative estimate of drug-likeness (QED) is 0.856. The largest absolute Gasteiger partial charge is 0.416 e. The molecule has 0 atom stereocenters. The highest BCUT2D eigenvalue weighted by molar-refractivity contribution is 7.92. The van der Waals surface area contributed by atoms with Crippen LogP contribution in [-0.2, 0) is 22.6 Å². The Labute approximate surface area is 131 Å². The lowest BCUT2D eigenvalue weighted by molar-refractivity contribution is -0.137. The van der Waals surface area contributed by atoms with Crippen molar-refractivity contribution in [3.63, 3.8) is 0 Å². The third kappa shape index (κ3) is 3.26. The molecule has 3 rings (SSSR count). The lowest BCUT2D eigenvalue weighted by Gasteiger charge is -2.08. The second-order valence-corrected chi connectivity index (χ2v) is 7.87. The Balaban J connectivity index is 1.82. The summed E-state index contributed by atoms with van der Waals surface area (Å²) in [6.45, 7) is 1.95. The fraction of sp³-hybridized carbons (Fsp3) is 0.400. The second-order valence-electron chi connectivity index (χ2n) is 5.69. The number of aryl methyl sites for hydroxylation is 1. The van der Waals surface area contributed by atoms with Gasteiger partial charge in [-0.05, 0) is 37.5 Å². The van der Waals surface area contributed by atoms with Gasteiger partial charge in [-0.3, -0.25) is 0 Å². The minimum Gasteiger partial charge on any atom is -0.329 e. The van der Waals surface area contributed by atoms with Crippen LogP contribution in [-0.4, -0.2) is 23.2 Å². The number of sulfone groups is 1. The van der Waals surface area contributed by atoms with Crippen molar-refractivity contribution in [1.82, 2.24) is 9.55 Å². The zero-order valence-corrected chi connectivity index (χ0v) is 13.2. The summed E-state index contributed by atoms with van der Waals surface area (Å²) in [6.07, 6.45) is -1.59. The van der Waals surface area contributed by atoms with Gasteiger partial charge in [-0.15, -0.1) is 0 Å². The summed E-state index contributed by atoms with van der Waals surface area (Å²) in [7, 11) is -3.37. The van der Waals surface area contributed by atoms with E-state index in [1.807, 2.05) is 0 Å². The zero-order chi connectivity index (χ0) is 16.8. The van der Waals surface area contributed by atoms with E-state index in [4.69, 9.17) is 0 Å². The number of benzene rings is 1. The number of halogens is 3. The number of hydrogen-bond acceptors (Lipinski definition) is 3. The maximum atomic E-state index is 12.5. The Morgan fingerprint density at radius 2 is 1.83 bits per heavy atom. The van der Waals surface area contributed by atoms with Crippen LogP contribution in [0.2, 0.25) is 0 Å². The van der Waals surface area contributed by atoms with Crippen LogP contribution >= 0.6 is 0 Å². The average Bonchev–Trinajstić information content (AvgIpc) is 3.25. The van der Waals surface area contributed by atoms with E-state index in [1.165, 1.54) is 18.3 Å². The Hall–Kier alpha value is -1.83. The first-order chi connectivity index (χ1) is 10.7. The van der Waals surface area contributed by atoms with E-state index in [0.717, 1.165) is 12.1 Å². The van der Waals surface area contributed by atoms with Crippen molar-refractivity contribution < 1.29 is 21.6 Å². The summed E-state index contributed by atoms with van der Waals surface area (Å²) in [4.78, 5) is 4.09. The van der Waals surface area contributed by atoms with Crippen LogP contribution in [0.1, 0.15) is 29.8 Å². The van der Waals surface area contributed by atoms with Crippen LogP contribution in [0.25, 0.3) is 0 Å². The highest BCUT2D eigenvalue weighted by atomic mass is 32.2. The highest BCUT2D eigenvalue weighted by Crippen LogP contribution is 2.33. The minimum atomic E-state index is -4.37. The van der Waals surface area contributed by atoms with Gasteiger partial charge in [0.1, 0.15) is 5.82 Å². The molecule has 0 bridgehead atoms. The molecule has 8 heteroatoms. The molecule has 1 aliphatic carbocycles. The lowest BCUT2D eigenvalue weighted by Crippen LogP contribution is -2.07. The SMILES string of the molecule is Cc1nc(S(=O)(=O)C2CC2)cn1Cc1ccc(C(F)(F)F)cc1. The molecule has 4 nitrogen and oxygen atoms in total. The van der Waals surface area contributed by atoms with Crippen molar-refractivity contribution >= 4 is 9.84 Å². The molecule has 1 fully saturated rings. The first-order valence-electron chi connectivity index (χ1n) is 7.12. The van der Waals surface area contributed by atoms with Crippen molar-refractivity contribution in [3.05, 3.63) is 47.4 Å². The summed E-state index contributed by atoms with van der Waals surface area (Å²) >= 11 is 0. The Kier molecular flexibility index (Phi) is 3.74. The maximum Gasteiger partial charge on any atom is 0.416 e. The number of imidazole rings is 1. The molecule has 2 aromatic rings. The normalized spacial score (nSPS) is 15.8. The van der Waals surface area contributed by atoms with Gasteiger partial charge in [0.2, 0.25) is 0 Å². The van der Waals surface area contributed by atoms with Gasteiger partial charge in [-0.1, -0.05) is 12.1 Å². The molecule has 0 unspecified atom stereocenters. The summed E-state index contributed by atoms with van der Waals surface area (Å²) in [5.74, 6) is 0.518. The molecule has 0 N–H and O–H groups in total. The molecular weight excluding hydrogens is 329 g/mol. The third-order valence-corrected chi connectivity index (χ3v) is 5.97. The van der Waals surface area contributed by atoms with Gasteiger partial charge in [0.05, 0.1) is 10.8 Å². The number of aromatic nitrogens is 2. The van der Waals surface area contributed by atoms with E-state index in [2.05, 4.69) is 4.98 Å². The van der Waals surface area contributed by atoms with Gasteiger partial charge in [-0.25, -0.2) is 13.4 Å². The van der Waals surface area contributed by atoms with Crippen LogP contribution in [0.5, 0.6) is 0 Å². The fourth-order valence-corrected chi connectivity index (χ4v) is 3.95. The van der Waals surface area contributed by atoms with E-state index < -0.39 is 21.6 Å². The van der Waals surface area contributed by atoms with Crippen LogP contribution in [0.4, 0.5) is 13.2 Å². The molecule has 124 valence electrons. The number of nitrogens with zero attached hydrogens (tertiary/aromatic N) is 2. The molecule has 0 saturated heterocycles. The van der Waals surface area contributed by atoms with Gasteiger partial charge in [0.15, 0.2) is 14.9 Å². The van der Waals surface area contributed by atoms with Gasteiger partial charge >= 0.3 is 6.18 Å². The average molecular weight is 344 g/mol. The molecule has 1 aliphatic rings. The molecule has 1 aromatic heterocycles. The highest BCUT2D eigenvalue weighted by Gasteiger charge is 2.38. The van der Waals surface area contributed by atoms with Crippen molar-refractivity contribution in [1.29, 1.82) is 0 Å². The van der Waals surface area contributed by atoms with Gasteiger partial charge in [0, 0.05) is 12.7 Å².